The van der Waals surface area contributed by atoms with Gasteiger partial charge in [-0.05, 0) is 37.7 Å². The number of thiophene rings is 1. The van der Waals surface area contributed by atoms with Gasteiger partial charge in [-0.1, -0.05) is 30.0 Å². The first kappa shape index (κ1) is 19.1. The molecular formula is C16H20N4O3S3. The minimum Gasteiger partial charge on any atom is -0.462 e. The van der Waals surface area contributed by atoms with Gasteiger partial charge in [-0.3, -0.25) is 4.79 Å². The Balaban J connectivity index is 1.75. The Morgan fingerprint density at radius 1 is 1.38 bits per heavy atom. The van der Waals surface area contributed by atoms with Gasteiger partial charge in [-0.2, -0.15) is 0 Å². The fourth-order valence-corrected chi connectivity index (χ4v) is 5.68. The van der Waals surface area contributed by atoms with Crippen LogP contribution >= 0.6 is 34.4 Å². The molecule has 3 rings (SSSR count). The third-order valence-electron chi connectivity index (χ3n) is 3.99. The molecule has 1 aliphatic rings. The van der Waals surface area contributed by atoms with E-state index in [1.54, 1.807) is 6.92 Å². The molecule has 1 amide bonds. The molecule has 1 aliphatic carbocycles. The van der Waals surface area contributed by atoms with Crippen molar-refractivity contribution in [1.82, 2.24) is 10.2 Å². The zero-order chi connectivity index (χ0) is 18.7. The molecule has 0 fully saturated rings. The number of anilines is 2. The molecule has 0 saturated carbocycles. The van der Waals surface area contributed by atoms with E-state index in [4.69, 9.17) is 10.5 Å². The van der Waals surface area contributed by atoms with E-state index in [0.29, 0.717) is 32.6 Å². The first-order valence-electron chi connectivity index (χ1n) is 8.31. The van der Waals surface area contributed by atoms with Gasteiger partial charge in [-0.15, -0.1) is 21.5 Å². The van der Waals surface area contributed by atoms with E-state index >= 15 is 0 Å². The average Bonchev–Trinajstić information content (AvgIpc) is 3.15. The minimum atomic E-state index is -0.362. The third kappa shape index (κ3) is 4.36. The van der Waals surface area contributed by atoms with E-state index in [2.05, 4.69) is 22.4 Å². The molecule has 140 valence electrons. The Morgan fingerprint density at radius 2 is 2.19 bits per heavy atom. The zero-order valence-corrected chi connectivity index (χ0v) is 17.0. The maximum atomic E-state index is 12.4. The number of nitrogens with zero attached hydrogens (tertiary/aromatic N) is 2. The van der Waals surface area contributed by atoms with Crippen molar-refractivity contribution < 1.29 is 14.3 Å². The second kappa shape index (κ2) is 8.36. The van der Waals surface area contributed by atoms with Gasteiger partial charge in [-0.25, -0.2) is 4.79 Å². The van der Waals surface area contributed by atoms with E-state index < -0.39 is 0 Å². The first-order valence-corrected chi connectivity index (χ1v) is 10.9. The molecule has 2 aromatic heterocycles. The number of aromatic nitrogens is 2. The van der Waals surface area contributed by atoms with Crippen LogP contribution in [0.5, 0.6) is 0 Å². The highest BCUT2D eigenvalue weighted by atomic mass is 32.2. The topological polar surface area (TPSA) is 107 Å². The molecular weight excluding hydrogens is 392 g/mol. The van der Waals surface area contributed by atoms with E-state index in [9.17, 15) is 9.59 Å². The van der Waals surface area contributed by atoms with Crippen LogP contribution in [0.3, 0.4) is 0 Å². The maximum Gasteiger partial charge on any atom is 0.341 e. The van der Waals surface area contributed by atoms with Gasteiger partial charge >= 0.3 is 5.97 Å². The zero-order valence-electron chi connectivity index (χ0n) is 14.5. The second-order valence-corrected chi connectivity index (χ2v) is 9.36. The van der Waals surface area contributed by atoms with Crippen molar-refractivity contribution in [3.63, 3.8) is 0 Å². The lowest BCUT2D eigenvalue weighted by Gasteiger charge is -2.18. The van der Waals surface area contributed by atoms with Crippen molar-refractivity contribution in [2.75, 3.05) is 23.4 Å². The number of nitrogens with two attached hydrogens (primary N) is 1. The van der Waals surface area contributed by atoms with Gasteiger partial charge < -0.3 is 15.8 Å². The van der Waals surface area contributed by atoms with Gasteiger partial charge in [0.05, 0.1) is 17.9 Å². The highest BCUT2D eigenvalue weighted by molar-refractivity contribution is 8.01. The Morgan fingerprint density at radius 3 is 2.88 bits per heavy atom. The van der Waals surface area contributed by atoms with Gasteiger partial charge in [0.15, 0.2) is 4.34 Å². The number of carbonyl (C=O) groups excluding carboxylic acids is 2. The fraction of sp³-hybridized carbons (Fsp3) is 0.500. The van der Waals surface area contributed by atoms with Crippen LogP contribution in [-0.4, -0.2) is 34.4 Å². The van der Waals surface area contributed by atoms with Gasteiger partial charge in [0.1, 0.15) is 5.00 Å². The van der Waals surface area contributed by atoms with Crippen molar-refractivity contribution in [3.05, 3.63) is 16.0 Å². The van der Waals surface area contributed by atoms with Crippen LogP contribution in [0.15, 0.2) is 4.34 Å². The van der Waals surface area contributed by atoms with Crippen LogP contribution < -0.4 is 11.1 Å². The Bertz CT molecular complexity index is 818. The number of nitrogen functional groups attached to an aromatic ring is 1. The molecule has 1 atom stereocenters. The minimum absolute atomic E-state index is 0.176. The number of fused-ring (bicyclic) bond motifs is 1. The second-order valence-electron chi connectivity index (χ2n) is 6.02. The molecule has 0 spiro atoms. The summed E-state index contributed by atoms with van der Waals surface area (Å²) in [7, 11) is 0. The van der Waals surface area contributed by atoms with Crippen molar-refractivity contribution in [3.8, 4) is 0 Å². The van der Waals surface area contributed by atoms with E-state index in [0.717, 1.165) is 24.8 Å². The van der Waals surface area contributed by atoms with Crippen LogP contribution in [0.2, 0.25) is 0 Å². The smallest absolute Gasteiger partial charge is 0.341 e. The predicted octanol–water partition coefficient (Wildman–Crippen LogP) is 3.21. The number of nitrogens with one attached hydrogen (secondary N) is 1. The summed E-state index contributed by atoms with van der Waals surface area (Å²) in [5, 5.41) is 11.4. The molecule has 3 N–H and O–H groups in total. The van der Waals surface area contributed by atoms with Crippen LogP contribution in [-0.2, 0) is 22.4 Å². The molecule has 0 radical (unpaired) electrons. The van der Waals surface area contributed by atoms with E-state index in [1.807, 2.05) is 0 Å². The third-order valence-corrected chi connectivity index (χ3v) is 7.05. The molecule has 0 aliphatic heterocycles. The summed E-state index contributed by atoms with van der Waals surface area (Å²) in [5.74, 6) is 0.203. The lowest BCUT2D eigenvalue weighted by atomic mass is 9.88. The number of amides is 1. The summed E-state index contributed by atoms with van der Waals surface area (Å²) >= 11 is 4.00. The largest absolute Gasteiger partial charge is 0.462 e. The van der Waals surface area contributed by atoms with Crippen LogP contribution in [0.1, 0.15) is 41.1 Å². The Labute approximate surface area is 163 Å². The first-order chi connectivity index (χ1) is 12.5. The molecule has 2 heterocycles. The molecule has 0 bridgehead atoms. The molecule has 7 nitrogen and oxygen atoms in total. The maximum absolute atomic E-state index is 12.4. The number of rotatable bonds is 6. The highest BCUT2D eigenvalue weighted by Gasteiger charge is 2.29. The number of hydrogen-bond donors (Lipinski definition) is 2. The summed E-state index contributed by atoms with van der Waals surface area (Å²) in [5.41, 5.74) is 7.10. The number of ether oxygens (including phenoxy) is 1. The lowest BCUT2D eigenvalue weighted by Crippen LogP contribution is -2.17. The average molecular weight is 413 g/mol. The van der Waals surface area contributed by atoms with Gasteiger partial charge in [0, 0.05) is 4.88 Å². The van der Waals surface area contributed by atoms with Crippen LogP contribution in [0.25, 0.3) is 0 Å². The Kier molecular flexibility index (Phi) is 6.15. The number of hydrogen-bond acceptors (Lipinski definition) is 9. The lowest BCUT2D eigenvalue weighted by molar-refractivity contribution is -0.113. The molecule has 0 aromatic carbocycles. The van der Waals surface area contributed by atoms with E-state index in [-0.39, 0.29) is 17.6 Å². The van der Waals surface area contributed by atoms with Crippen LogP contribution in [0, 0.1) is 5.92 Å². The number of thioether (sulfide) groups is 1. The fourth-order valence-electron chi connectivity index (χ4n) is 2.83. The molecule has 0 saturated heterocycles. The summed E-state index contributed by atoms with van der Waals surface area (Å²) in [4.78, 5) is 26.0. The van der Waals surface area contributed by atoms with Crippen molar-refractivity contribution >= 4 is 56.4 Å². The standard InChI is InChI=1S/C16H20N4O3S3/c1-3-23-14(22)12-9-5-4-8(2)6-10(9)25-13(12)18-11(21)7-24-16-20-19-15(17)26-16/h8H,3-7H2,1-2H3,(H2,17,19)(H,18,21)/t8-/m0/s1. The quantitative estimate of drug-likeness (QED) is 0.554. The van der Waals surface area contributed by atoms with E-state index in [1.165, 1.54) is 39.3 Å². The predicted molar refractivity (Wildman–Crippen MR) is 105 cm³/mol. The normalized spacial score (nSPS) is 16.2. The monoisotopic (exact) mass is 412 g/mol. The van der Waals surface area contributed by atoms with Crippen molar-refractivity contribution in [2.45, 2.75) is 37.4 Å². The summed E-state index contributed by atoms with van der Waals surface area (Å²) in [6, 6.07) is 0. The van der Waals surface area contributed by atoms with Crippen molar-refractivity contribution in [1.29, 1.82) is 0 Å². The molecule has 26 heavy (non-hydrogen) atoms. The van der Waals surface area contributed by atoms with Gasteiger partial charge in [0.25, 0.3) is 0 Å². The summed E-state index contributed by atoms with van der Waals surface area (Å²) in [6.07, 6.45) is 2.81. The highest BCUT2D eigenvalue weighted by Crippen LogP contribution is 2.40. The molecule has 10 heteroatoms. The molecule has 2 aromatic rings. The number of esters is 1. The SMILES string of the molecule is CCOC(=O)c1c(NC(=O)CSc2nnc(N)s2)sc2c1CC[C@H](C)C2. The summed E-state index contributed by atoms with van der Waals surface area (Å²) in [6.45, 7) is 4.29. The van der Waals surface area contributed by atoms with Crippen LogP contribution in [0.4, 0.5) is 10.1 Å². The summed E-state index contributed by atoms with van der Waals surface area (Å²) < 4.78 is 5.86. The molecule has 0 unspecified atom stereocenters. The Hall–Kier alpha value is -1.65. The van der Waals surface area contributed by atoms with Crippen molar-refractivity contribution in [2.24, 2.45) is 5.92 Å². The number of carbonyl (C=O) groups is 2. The van der Waals surface area contributed by atoms with Gasteiger partial charge in [0.2, 0.25) is 11.0 Å².